The van der Waals surface area contributed by atoms with E-state index in [0.717, 1.165) is 35.0 Å². The molecule has 0 fully saturated rings. The van der Waals surface area contributed by atoms with Gasteiger partial charge in [-0.1, -0.05) is 43.3 Å². The molecule has 144 valence electrons. The number of nitrogens with zero attached hydrogens (tertiary/aromatic N) is 4. The van der Waals surface area contributed by atoms with Gasteiger partial charge >= 0.3 is 0 Å². The van der Waals surface area contributed by atoms with E-state index >= 15 is 0 Å². The van der Waals surface area contributed by atoms with E-state index in [4.69, 9.17) is 5.10 Å². The summed E-state index contributed by atoms with van der Waals surface area (Å²) < 4.78 is 29.0. The van der Waals surface area contributed by atoms with Crippen LogP contribution in [0.1, 0.15) is 24.7 Å². The second kappa shape index (κ2) is 6.96. The summed E-state index contributed by atoms with van der Waals surface area (Å²) in [4.78, 5) is 0.246. The fourth-order valence-electron chi connectivity index (χ4n) is 3.36. The third kappa shape index (κ3) is 2.94. The summed E-state index contributed by atoms with van der Waals surface area (Å²) in [5.74, 6) is 0.791. The Bertz CT molecular complexity index is 1290. The van der Waals surface area contributed by atoms with E-state index in [1.807, 2.05) is 30.3 Å². The van der Waals surface area contributed by atoms with Crippen molar-refractivity contribution in [2.75, 3.05) is 7.05 Å². The van der Waals surface area contributed by atoms with Gasteiger partial charge in [0.15, 0.2) is 11.5 Å². The predicted octanol–water partition coefficient (Wildman–Crippen LogP) is 3.11. The first kappa shape index (κ1) is 18.5. The predicted molar refractivity (Wildman–Crippen MR) is 109 cm³/mol. The topological polar surface area (TPSA) is 89.2 Å². The van der Waals surface area contributed by atoms with E-state index < -0.39 is 10.0 Å². The molecule has 0 amide bonds. The van der Waals surface area contributed by atoms with Crippen molar-refractivity contribution in [3.05, 3.63) is 53.9 Å². The lowest BCUT2D eigenvalue weighted by atomic mass is 10.0. The molecule has 0 saturated heterocycles. The number of aryl methyl sites for hydroxylation is 2. The zero-order valence-electron chi connectivity index (χ0n) is 16.0. The average Bonchev–Trinajstić information content (AvgIpc) is 3.11. The van der Waals surface area contributed by atoms with Crippen LogP contribution in [0.15, 0.2) is 47.4 Å². The van der Waals surface area contributed by atoms with Crippen LogP contribution in [-0.4, -0.2) is 35.3 Å². The van der Waals surface area contributed by atoms with Crippen molar-refractivity contribution in [1.82, 2.24) is 24.5 Å². The number of rotatable bonds is 5. The molecule has 2 heterocycles. The van der Waals surface area contributed by atoms with Crippen molar-refractivity contribution in [1.29, 1.82) is 0 Å². The lowest BCUT2D eigenvalue weighted by Gasteiger charge is -2.12. The first-order valence-corrected chi connectivity index (χ1v) is 10.6. The largest absolute Gasteiger partial charge is 0.240 e. The highest BCUT2D eigenvalue weighted by atomic mass is 32.2. The van der Waals surface area contributed by atoms with E-state index in [9.17, 15) is 8.42 Å². The maximum Gasteiger partial charge on any atom is 0.240 e. The van der Waals surface area contributed by atoms with Gasteiger partial charge in [-0.3, -0.25) is 0 Å². The average molecular weight is 395 g/mol. The van der Waals surface area contributed by atoms with Gasteiger partial charge < -0.3 is 0 Å². The third-order valence-corrected chi connectivity index (χ3v) is 6.38. The number of aromatic nitrogens is 4. The van der Waals surface area contributed by atoms with Gasteiger partial charge in [-0.15, -0.1) is 10.2 Å². The summed E-state index contributed by atoms with van der Waals surface area (Å²) in [5.41, 5.74) is 2.82. The molecule has 0 aliphatic rings. The molecule has 1 N–H and O–H groups in total. The molecule has 0 aliphatic heterocycles. The van der Waals surface area contributed by atoms with Gasteiger partial charge in [-0.25, -0.2) is 13.1 Å². The molecule has 0 radical (unpaired) electrons. The van der Waals surface area contributed by atoms with Gasteiger partial charge in [0, 0.05) is 22.8 Å². The SMILES string of the molecule is CCCc1nnc2c3ccccc3c(-c3ccc(C)c(S(=O)(=O)NC)c3)nn12. The number of hydrogen-bond donors (Lipinski definition) is 1. The second-order valence-corrected chi connectivity index (χ2v) is 8.54. The highest BCUT2D eigenvalue weighted by Gasteiger charge is 2.19. The number of nitrogens with one attached hydrogen (secondary N) is 1. The zero-order valence-corrected chi connectivity index (χ0v) is 16.8. The summed E-state index contributed by atoms with van der Waals surface area (Å²) in [5, 5.41) is 15.3. The Morgan fingerprint density at radius 1 is 1.07 bits per heavy atom. The summed E-state index contributed by atoms with van der Waals surface area (Å²) in [7, 11) is -2.16. The Morgan fingerprint density at radius 2 is 1.82 bits per heavy atom. The minimum atomic E-state index is -3.57. The van der Waals surface area contributed by atoms with Crippen LogP contribution in [-0.2, 0) is 16.4 Å². The van der Waals surface area contributed by atoms with Crippen LogP contribution in [0.5, 0.6) is 0 Å². The molecule has 4 rings (SSSR count). The minimum Gasteiger partial charge on any atom is -0.214 e. The van der Waals surface area contributed by atoms with Gasteiger partial charge in [-0.2, -0.15) is 9.61 Å². The van der Waals surface area contributed by atoms with Crippen LogP contribution in [0.3, 0.4) is 0 Å². The molecule has 2 aromatic carbocycles. The minimum absolute atomic E-state index is 0.246. The van der Waals surface area contributed by atoms with Crippen LogP contribution < -0.4 is 4.72 Å². The van der Waals surface area contributed by atoms with E-state index in [-0.39, 0.29) is 4.90 Å². The maximum atomic E-state index is 12.4. The van der Waals surface area contributed by atoms with Crippen molar-refractivity contribution >= 4 is 26.4 Å². The third-order valence-electron chi connectivity index (χ3n) is 4.82. The first-order chi connectivity index (χ1) is 13.5. The fourth-order valence-corrected chi connectivity index (χ4v) is 4.36. The van der Waals surface area contributed by atoms with Crippen LogP contribution in [0, 0.1) is 6.92 Å². The van der Waals surface area contributed by atoms with E-state index in [1.54, 1.807) is 23.6 Å². The molecular formula is C20H21N5O2S. The number of benzene rings is 2. The molecule has 7 nitrogen and oxygen atoms in total. The van der Waals surface area contributed by atoms with Gasteiger partial charge in [-0.05, 0) is 32.0 Å². The summed E-state index contributed by atoms with van der Waals surface area (Å²) in [6.07, 6.45) is 1.69. The van der Waals surface area contributed by atoms with Gasteiger partial charge in [0.1, 0.15) is 0 Å². The molecule has 8 heteroatoms. The van der Waals surface area contributed by atoms with E-state index in [0.29, 0.717) is 16.9 Å². The molecular weight excluding hydrogens is 374 g/mol. The van der Waals surface area contributed by atoms with Gasteiger partial charge in [0.25, 0.3) is 0 Å². The Morgan fingerprint density at radius 3 is 2.54 bits per heavy atom. The Balaban J connectivity index is 2.05. The summed E-state index contributed by atoms with van der Waals surface area (Å²) in [6.45, 7) is 3.86. The molecule has 28 heavy (non-hydrogen) atoms. The lowest BCUT2D eigenvalue weighted by Crippen LogP contribution is -2.19. The number of sulfonamides is 1. The number of fused-ring (bicyclic) bond motifs is 3. The molecule has 0 unspecified atom stereocenters. The van der Waals surface area contributed by atoms with Crippen molar-refractivity contribution in [3.8, 4) is 11.3 Å². The maximum absolute atomic E-state index is 12.4. The highest BCUT2D eigenvalue weighted by molar-refractivity contribution is 7.89. The second-order valence-electron chi connectivity index (χ2n) is 6.68. The van der Waals surface area contributed by atoms with Crippen LogP contribution >= 0.6 is 0 Å². The van der Waals surface area contributed by atoms with Crippen LogP contribution in [0.2, 0.25) is 0 Å². The zero-order chi connectivity index (χ0) is 19.9. The molecule has 0 bridgehead atoms. The first-order valence-electron chi connectivity index (χ1n) is 9.14. The molecule has 0 atom stereocenters. The highest BCUT2D eigenvalue weighted by Crippen LogP contribution is 2.31. The summed E-state index contributed by atoms with van der Waals surface area (Å²) >= 11 is 0. The van der Waals surface area contributed by atoms with Gasteiger partial charge in [0.2, 0.25) is 10.0 Å². The smallest absolute Gasteiger partial charge is 0.214 e. The van der Waals surface area contributed by atoms with E-state index in [1.165, 1.54) is 7.05 Å². The summed E-state index contributed by atoms with van der Waals surface area (Å²) in [6, 6.07) is 13.2. The Hall–Kier alpha value is -2.84. The fraction of sp³-hybridized carbons (Fsp3) is 0.250. The van der Waals surface area contributed by atoms with Gasteiger partial charge in [0.05, 0.1) is 10.6 Å². The quantitative estimate of drug-likeness (QED) is 0.561. The van der Waals surface area contributed by atoms with Crippen molar-refractivity contribution in [2.24, 2.45) is 0 Å². The van der Waals surface area contributed by atoms with Crippen molar-refractivity contribution in [2.45, 2.75) is 31.6 Å². The molecule has 0 saturated carbocycles. The van der Waals surface area contributed by atoms with E-state index in [2.05, 4.69) is 21.8 Å². The standard InChI is InChI=1S/C20H21N5O2S/c1-4-7-18-22-23-20-16-9-6-5-8-15(16)19(24-25(18)20)14-11-10-13(2)17(12-14)28(26,27)21-3/h5-6,8-12,21H,4,7H2,1-3H3. The Kier molecular flexibility index (Phi) is 4.60. The monoisotopic (exact) mass is 395 g/mol. The molecule has 0 aliphatic carbocycles. The molecule has 2 aromatic heterocycles. The lowest BCUT2D eigenvalue weighted by molar-refractivity contribution is 0.587. The molecule has 0 spiro atoms. The Labute approximate surface area is 163 Å². The van der Waals surface area contributed by atoms with Crippen molar-refractivity contribution < 1.29 is 8.42 Å². The molecule has 4 aromatic rings. The number of hydrogen-bond acceptors (Lipinski definition) is 5. The van der Waals surface area contributed by atoms with Crippen molar-refractivity contribution in [3.63, 3.8) is 0 Å². The normalized spacial score (nSPS) is 12.1. The van der Waals surface area contributed by atoms with Crippen LogP contribution in [0.25, 0.3) is 27.7 Å². The van der Waals surface area contributed by atoms with Crippen LogP contribution in [0.4, 0.5) is 0 Å².